The van der Waals surface area contributed by atoms with E-state index in [0.717, 1.165) is 4.90 Å². The van der Waals surface area contributed by atoms with Crippen molar-refractivity contribution in [3.8, 4) is 0 Å². The number of carbonyl (C=O) groups excluding carboxylic acids is 6. The lowest BCUT2D eigenvalue weighted by Crippen LogP contribution is -2.37. The van der Waals surface area contributed by atoms with Gasteiger partial charge in [0, 0.05) is 51.9 Å². The lowest BCUT2D eigenvalue weighted by Gasteiger charge is -2.24. The number of carbonyl (C=O) groups is 6. The van der Waals surface area contributed by atoms with Crippen molar-refractivity contribution in [3.05, 3.63) is 0 Å². The SMILES string of the molecule is CSC1CC(=O)N(CCC(=O)NCCCNC(=O)CCN2C(=O)CC(C(C)(C)C)C2=O)C1=O. The van der Waals surface area contributed by atoms with Gasteiger partial charge in [-0.15, -0.1) is 0 Å². The van der Waals surface area contributed by atoms with Crippen molar-refractivity contribution in [1.82, 2.24) is 20.4 Å². The molecule has 2 fully saturated rings. The van der Waals surface area contributed by atoms with Crippen LogP contribution in [0.5, 0.6) is 0 Å². The predicted octanol–water partition coefficient (Wildman–Crippen LogP) is 0.301. The highest BCUT2D eigenvalue weighted by atomic mass is 32.2. The molecule has 2 heterocycles. The van der Waals surface area contributed by atoms with Crippen molar-refractivity contribution < 1.29 is 28.8 Å². The highest BCUT2D eigenvalue weighted by Crippen LogP contribution is 2.35. The Morgan fingerprint density at radius 3 is 1.79 bits per heavy atom. The van der Waals surface area contributed by atoms with E-state index in [9.17, 15) is 28.8 Å². The van der Waals surface area contributed by atoms with Crippen molar-refractivity contribution >= 4 is 47.2 Å². The number of nitrogens with zero attached hydrogens (tertiary/aromatic N) is 2. The molecule has 10 nitrogen and oxygen atoms in total. The number of thioether (sulfide) groups is 1. The molecule has 0 aromatic carbocycles. The monoisotopic (exact) mass is 482 g/mol. The van der Waals surface area contributed by atoms with Crippen molar-refractivity contribution in [2.24, 2.45) is 11.3 Å². The molecule has 2 unspecified atom stereocenters. The summed E-state index contributed by atoms with van der Waals surface area (Å²) in [6.07, 6.45) is 2.72. The maximum Gasteiger partial charge on any atom is 0.242 e. The highest BCUT2D eigenvalue weighted by Gasteiger charge is 2.44. The van der Waals surface area contributed by atoms with E-state index in [1.54, 1.807) is 6.26 Å². The molecule has 0 bridgehead atoms. The van der Waals surface area contributed by atoms with Crippen LogP contribution in [0, 0.1) is 11.3 Å². The van der Waals surface area contributed by atoms with Crippen molar-refractivity contribution in [2.75, 3.05) is 32.4 Å². The Kier molecular flexibility index (Phi) is 9.45. The van der Waals surface area contributed by atoms with Gasteiger partial charge in [0.05, 0.1) is 11.2 Å². The summed E-state index contributed by atoms with van der Waals surface area (Å²) in [5.41, 5.74) is -0.301. The topological polar surface area (TPSA) is 133 Å². The van der Waals surface area contributed by atoms with Crippen molar-refractivity contribution in [3.63, 3.8) is 0 Å². The summed E-state index contributed by atoms with van der Waals surface area (Å²) in [5, 5.41) is 5.06. The highest BCUT2D eigenvalue weighted by molar-refractivity contribution is 8.00. The van der Waals surface area contributed by atoms with Gasteiger partial charge in [-0.25, -0.2) is 0 Å². The third-order valence-corrected chi connectivity index (χ3v) is 6.84. The van der Waals surface area contributed by atoms with Gasteiger partial charge >= 0.3 is 0 Å². The van der Waals surface area contributed by atoms with Crippen LogP contribution in [0.1, 0.15) is 52.9 Å². The molecule has 0 saturated carbocycles. The quantitative estimate of drug-likeness (QED) is 0.320. The third-order valence-electron chi connectivity index (χ3n) is 5.90. The maximum atomic E-state index is 12.4. The number of amides is 6. The molecule has 33 heavy (non-hydrogen) atoms. The standard InChI is InChI=1S/C22H34N4O6S/c1-22(2,3)14-12-18(29)25(20(14)31)10-6-16(27)23-8-5-9-24-17(28)7-11-26-19(30)13-15(33-4)21(26)32/h14-15H,5-13H2,1-4H3,(H,23,27)(H,24,28). The van der Waals surface area contributed by atoms with Crippen LogP contribution in [0.4, 0.5) is 0 Å². The first-order chi connectivity index (χ1) is 15.5. The molecule has 2 rings (SSSR count). The van der Waals surface area contributed by atoms with Crippen LogP contribution in [0.2, 0.25) is 0 Å². The van der Waals surface area contributed by atoms with Crippen molar-refractivity contribution in [2.45, 2.75) is 58.1 Å². The van der Waals surface area contributed by atoms with E-state index in [2.05, 4.69) is 10.6 Å². The minimum Gasteiger partial charge on any atom is -0.356 e. The van der Waals surface area contributed by atoms with Crippen LogP contribution in [-0.4, -0.2) is 82.9 Å². The van der Waals surface area contributed by atoms with Crippen LogP contribution >= 0.6 is 11.8 Å². The molecule has 184 valence electrons. The summed E-state index contributed by atoms with van der Waals surface area (Å²) in [7, 11) is 0. The molecule has 0 aliphatic carbocycles. The fourth-order valence-corrected chi connectivity index (χ4v) is 4.45. The number of imide groups is 2. The second kappa shape index (κ2) is 11.6. The van der Waals surface area contributed by atoms with E-state index in [1.807, 2.05) is 20.8 Å². The number of rotatable bonds is 11. The number of likely N-dealkylation sites (tertiary alicyclic amines) is 2. The van der Waals surface area contributed by atoms with Gasteiger partial charge in [0.25, 0.3) is 0 Å². The largest absolute Gasteiger partial charge is 0.356 e. The molecular formula is C22H34N4O6S. The fourth-order valence-electron chi connectivity index (χ4n) is 3.81. The van der Waals surface area contributed by atoms with Gasteiger partial charge in [0.15, 0.2) is 0 Å². The molecule has 2 atom stereocenters. The first-order valence-electron chi connectivity index (χ1n) is 11.2. The Hall–Kier alpha value is -2.43. The first-order valence-corrected chi connectivity index (χ1v) is 12.5. The minimum atomic E-state index is -0.356. The zero-order valence-corrected chi connectivity index (χ0v) is 20.6. The summed E-state index contributed by atoms with van der Waals surface area (Å²) >= 11 is 1.33. The second-order valence-corrected chi connectivity index (χ2v) is 10.4. The summed E-state index contributed by atoms with van der Waals surface area (Å²) in [6.45, 7) is 6.58. The van der Waals surface area contributed by atoms with E-state index in [1.165, 1.54) is 16.7 Å². The summed E-state index contributed by atoms with van der Waals surface area (Å²) in [6, 6.07) is 0. The Balaban J connectivity index is 1.58. The first kappa shape index (κ1) is 26.8. The predicted molar refractivity (Wildman–Crippen MR) is 123 cm³/mol. The Labute approximate surface area is 198 Å². The zero-order chi connectivity index (χ0) is 24.8. The Morgan fingerprint density at radius 2 is 1.36 bits per heavy atom. The van der Waals surface area contributed by atoms with Crippen molar-refractivity contribution in [1.29, 1.82) is 0 Å². The van der Waals surface area contributed by atoms with E-state index in [0.29, 0.717) is 19.5 Å². The Morgan fingerprint density at radius 1 is 0.879 bits per heavy atom. The molecule has 2 saturated heterocycles. The van der Waals surface area contributed by atoms with Gasteiger partial charge in [0.1, 0.15) is 0 Å². The lowest BCUT2D eigenvalue weighted by atomic mass is 9.80. The average molecular weight is 483 g/mol. The molecule has 2 aliphatic rings. The molecule has 11 heteroatoms. The van der Waals surface area contributed by atoms with Crippen LogP contribution in [0.25, 0.3) is 0 Å². The molecule has 0 spiro atoms. The van der Waals surface area contributed by atoms with Crippen LogP contribution < -0.4 is 10.6 Å². The van der Waals surface area contributed by atoms with Gasteiger partial charge in [0.2, 0.25) is 35.4 Å². The van der Waals surface area contributed by atoms with Gasteiger partial charge < -0.3 is 10.6 Å². The van der Waals surface area contributed by atoms with Gasteiger partial charge in [-0.1, -0.05) is 20.8 Å². The van der Waals surface area contributed by atoms with E-state index in [4.69, 9.17) is 0 Å². The third kappa shape index (κ3) is 7.28. The normalized spacial score (nSPS) is 21.2. The average Bonchev–Trinajstić information content (AvgIpc) is 3.18. The molecule has 2 aliphatic heterocycles. The molecule has 0 aromatic heterocycles. The summed E-state index contributed by atoms with van der Waals surface area (Å²) < 4.78 is 0. The lowest BCUT2D eigenvalue weighted by molar-refractivity contribution is -0.141. The van der Waals surface area contributed by atoms with E-state index >= 15 is 0 Å². The molecule has 0 radical (unpaired) electrons. The van der Waals surface area contributed by atoms with Crippen LogP contribution in [-0.2, 0) is 28.8 Å². The fraction of sp³-hybridized carbons (Fsp3) is 0.727. The van der Waals surface area contributed by atoms with E-state index < -0.39 is 0 Å². The molecular weight excluding hydrogens is 448 g/mol. The molecule has 6 amide bonds. The second-order valence-electron chi connectivity index (χ2n) is 9.37. The van der Waals surface area contributed by atoms with Gasteiger partial charge in [-0.3, -0.25) is 38.6 Å². The summed E-state index contributed by atoms with van der Waals surface area (Å²) in [5.74, 6) is -1.84. The minimum absolute atomic E-state index is 0.0373. The van der Waals surface area contributed by atoms with E-state index in [-0.39, 0.29) is 90.8 Å². The smallest absolute Gasteiger partial charge is 0.242 e. The molecule has 2 N–H and O–H groups in total. The van der Waals surface area contributed by atoms with Gasteiger partial charge in [-0.2, -0.15) is 11.8 Å². The Bertz CT molecular complexity index is 809. The number of hydrogen-bond donors (Lipinski definition) is 2. The zero-order valence-electron chi connectivity index (χ0n) is 19.8. The number of hydrogen-bond acceptors (Lipinski definition) is 7. The van der Waals surface area contributed by atoms with Crippen LogP contribution in [0.3, 0.4) is 0 Å². The number of nitrogens with one attached hydrogen (secondary N) is 2. The summed E-state index contributed by atoms with van der Waals surface area (Å²) in [4.78, 5) is 74.7. The molecule has 0 aromatic rings. The van der Waals surface area contributed by atoms with Gasteiger partial charge in [-0.05, 0) is 18.1 Å². The maximum absolute atomic E-state index is 12.4. The van der Waals surface area contributed by atoms with Crippen LogP contribution in [0.15, 0.2) is 0 Å².